The van der Waals surface area contributed by atoms with E-state index in [2.05, 4.69) is 11.7 Å². The number of aliphatic carboxylic acids is 1. The van der Waals surface area contributed by atoms with Crippen LogP contribution in [0.2, 0.25) is 0 Å². The van der Waals surface area contributed by atoms with E-state index in [0.717, 1.165) is 25.7 Å². The summed E-state index contributed by atoms with van der Waals surface area (Å²) in [6.45, 7) is 2.11. The van der Waals surface area contributed by atoms with Crippen LogP contribution < -0.4 is 0 Å². The topological polar surface area (TPSA) is 63.6 Å². The van der Waals surface area contributed by atoms with Gasteiger partial charge in [-0.3, -0.25) is 9.59 Å². The predicted octanol–water partition coefficient (Wildman–Crippen LogP) is 2.22. The summed E-state index contributed by atoms with van der Waals surface area (Å²) in [4.78, 5) is 23.0. The highest BCUT2D eigenvalue weighted by Crippen LogP contribution is 2.39. The third kappa shape index (κ3) is 2.36. The first-order chi connectivity index (χ1) is 7.56. The minimum absolute atomic E-state index is 0.408. The van der Waals surface area contributed by atoms with Crippen molar-refractivity contribution in [3.63, 3.8) is 0 Å². The Morgan fingerprint density at radius 1 is 1.38 bits per heavy atom. The predicted molar refractivity (Wildman–Crippen MR) is 59.0 cm³/mol. The zero-order chi connectivity index (χ0) is 12.2. The molecule has 0 spiro atoms. The van der Waals surface area contributed by atoms with Gasteiger partial charge in [0.1, 0.15) is 0 Å². The molecule has 1 aliphatic carbocycles. The number of carboxylic acid groups (broad SMARTS) is 1. The van der Waals surface area contributed by atoms with Crippen molar-refractivity contribution < 1.29 is 19.4 Å². The van der Waals surface area contributed by atoms with Gasteiger partial charge < -0.3 is 9.84 Å². The number of carboxylic acids is 1. The molecule has 92 valence electrons. The lowest BCUT2D eigenvalue weighted by Crippen LogP contribution is -2.39. The van der Waals surface area contributed by atoms with Crippen molar-refractivity contribution >= 4 is 11.9 Å². The normalized spacial score (nSPS) is 30.5. The molecule has 0 amide bonds. The van der Waals surface area contributed by atoms with Crippen LogP contribution in [-0.2, 0) is 14.3 Å². The van der Waals surface area contributed by atoms with Gasteiger partial charge >= 0.3 is 11.9 Å². The quantitative estimate of drug-likeness (QED) is 0.457. The number of hydrogen-bond acceptors (Lipinski definition) is 3. The highest BCUT2D eigenvalue weighted by atomic mass is 16.5. The summed E-state index contributed by atoms with van der Waals surface area (Å²) in [6, 6.07) is 0. The average Bonchev–Trinajstić information content (AvgIpc) is 2.50. The molecular weight excluding hydrogens is 208 g/mol. The number of rotatable bonds is 3. The van der Waals surface area contributed by atoms with E-state index in [9.17, 15) is 14.7 Å². The summed E-state index contributed by atoms with van der Waals surface area (Å²) >= 11 is 0. The Labute approximate surface area is 96.0 Å². The van der Waals surface area contributed by atoms with E-state index >= 15 is 0 Å². The lowest BCUT2D eigenvalue weighted by molar-refractivity contribution is -0.168. The number of ether oxygens (including phenoxy) is 1. The van der Waals surface area contributed by atoms with E-state index in [4.69, 9.17) is 0 Å². The monoisotopic (exact) mass is 228 g/mol. The van der Waals surface area contributed by atoms with Crippen LogP contribution in [0.4, 0.5) is 0 Å². The van der Waals surface area contributed by atoms with Gasteiger partial charge in [-0.15, -0.1) is 0 Å². The molecule has 0 heterocycles. The number of carbonyl (C=O) groups excluding carboxylic acids is 1. The van der Waals surface area contributed by atoms with Gasteiger partial charge in [0.15, 0.2) is 5.41 Å². The van der Waals surface area contributed by atoms with E-state index in [1.165, 1.54) is 7.11 Å². The maximum atomic E-state index is 11.7. The Morgan fingerprint density at radius 2 is 2.06 bits per heavy atom. The highest BCUT2D eigenvalue weighted by molar-refractivity contribution is 5.99. The van der Waals surface area contributed by atoms with Crippen molar-refractivity contribution in [2.45, 2.75) is 45.4 Å². The zero-order valence-corrected chi connectivity index (χ0v) is 9.99. The molecule has 1 saturated carbocycles. The van der Waals surface area contributed by atoms with Crippen LogP contribution in [0.3, 0.4) is 0 Å². The van der Waals surface area contributed by atoms with E-state index in [1.807, 2.05) is 0 Å². The van der Waals surface area contributed by atoms with Crippen LogP contribution in [0.25, 0.3) is 0 Å². The highest BCUT2D eigenvalue weighted by Gasteiger charge is 2.47. The van der Waals surface area contributed by atoms with Gasteiger partial charge in [0.2, 0.25) is 0 Å². The number of esters is 1. The van der Waals surface area contributed by atoms with Gasteiger partial charge in [-0.05, 0) is 25.2 Å². The molecule has 16 heavy (non-hydrogen) atoms. The molecular formula is C12H20O4. The molecule has 0 aromatic carbocycles. The maximum absolute atomic E-state index is 11.7. The van der Waals surface area contributed by atoms with Crippen molar-refractivity contribution in [2.75, 3.05) is 7.11 Å². The molecule has 0 saturated heterocycles. The summed E-state index contributed by atoms with van der Waals surface area (Å²) in [7, 11) is 1.26. The molecule has 0 aromatic rings. The number of hydrogen-bond donors (Lipinski definition) is 1. The molecule has 2 unspecified atom stereocenters. The van der Waals surface area contributed by atoms with Gasteiger partial charge in [0, 0.05) is 0 Å². The fraction of sp³-hybridized carbons (Fsp3) is 0.833. The standard InChI is InChI=1S/C12H20O4/c1-3-9-5-4-7-12(8-6-9,10(13)14)11(15)16-2/h9H,3-8H2,1-2H3,(H,13,14). The molecule has 0 bridgehead atoms. The van der Waals surface area contributed by atoms with E-state index < -0.39 is 17.4 Å². The van der Waals surface area contributed by atoms with Gasteiger partial charge in [-0.25, -0.2) is 0 Å². The van der Waals surface area contributed by atoms with Crippen LogP contribution in [0.15, 0.2) is 0 Å². The van der Waals surface area contributed by atoms with Crippen molar-refractivity contribution in [1.29, 1.82) is 0 Å². The van der Waals surface area contributed by atoms with E-state index in [-0.39, 0.29) is 0 Å². The first kappa shape index (κ1) is 13.0. The second kappa shape index (κ2) is 5.32. The molecule has 4 heteroatoms. The van der Waals surface area contributed by atoms with Crippen LogP contribution in [0.5, 0.6) is 0 Å². The van der Waals surface area contributed by atoms with Crippen LogP contribution in [0.1, 0.15) is 45.4 Å². The molecule has 1 rings (SSSR count). The van der Waals surface area contributed by atoms with Crippen molar-refractivity contribution in [3.8, 4) is 0 Å². The fourth-order valence-corrected chi connectivity index (χ4v) is 2.52. The van der Waals surface area contributed by atoms with Gasteiger partial charge in [0.25, 0.3) is 0 Å². The summed E-state index contributed by atoms with van der Waals surface area (Å²) in [5.41, 5.74) is -1.29. The first-order valence-electron chi connectivity index (χ1n) is 5.88. The molecule has 0 aromatic heterocycles. The second-order valence-corrected chi connectivity index (χ2v) is 4.58. The van der Waals surface area contributed by atoms with E-state index in [1.54, 1.807) is 0 Å². The van der Waals surface area contributed by atoms with Crippen LogP contribution in [-0.4, -0.2) is 24.2 Å². The molecule has 1 fully saturated rings. The fourth-order valence-electron chi connectivity index (χ4n) is 2.52. The van der Waals surface area contributed by atoms with Crippen LogP contribution in [0, 0.1) is 11.3 Å². The molecule has 0 aliphatic heterocycles. The Kier molecular flexibility index (Phi) is 4.33. The van der Waals surface area contributed by atoms with E-state index in [0.29, 0.717) is 18.8 Å². The third-order valence-corrected chi connectivity index (χ3v) is 3.76. The lowest BCUT2D eigenvalue weighted by atomic mass is 9.80. The number of carbonyl (C=O) groups is 2. The van der Waals surface area contributed by atoms with Gasteiger partial charge in [0.05, 0.1) is 7.11 Å². The molecule has 0 radical (unpaired) electrons. The number of methoxy groups -OCH3 is 1. The molecule has 1 aliphatic rings. The van der Waals surface area contributed by atoms with Crippen molar-refractivity contribution in [1.82, 2.24) is 0 Å². The van der Waals surface area contributed by atoms with Gasteiger partial charge in [-0.2, -0.15) is 0 Å². The summed E-state index contributed by atoms with van der Waals surface area (Å²) < 4.78 is 4.66. The first-order valence-corrected chi connectivity index (χ1v) is 5.88. The van der Waals surface area contributed by atoms with Crippen LogP contribution >= 0.6 is 0 Å². The molecule has 4 nitrogen and oxygen atoms in total. The SMILES string of the molecule is CCC1CCCC(C(=O)O)(C(=O)OC)CC1. The van der Waals surface area contributed by atoms with Crippen molar-refractivity contribution in [2.24, 2.45) is 11.3 Å². The minimum atomic E-state index is -1.29. The largest absolute Gasteiger partial charge is 0.480 e. The molecule has 1 N–H and O–H groups in total. The zero-order valence-electron chi connectivity index (χ0n) is 9.99. The van der Waals surface area contributed by atoms with Gasteiger partial charge in [-0.1, -0.05) is 26.2 Å². The third-order valence-electron chi connectivity index (χ3n) is 3.76. The summed E-state index contributed by atoms with van der Waals surface area (Å²) in [6.07, 6.45) is 4.48. The Morgan fingerprint density at radius 3 is 2.56 bits per heavy atom. The maximum Gasteiger partial charge on any atom is 0.323 e. The Balaban J connectivity index is 2.86. The minimum Gasteiger partial charge on any atom is -0.480 e. The Hall–Kier alpha value is -1.06. The van der Waals surface area contributed by atoms with Crippen molar-refractivity contribution in [3.05, 3.63) is 0 Å². The average molecular weight is 228 g/mol. The molecule has 2 atom stereocenters. The summed E-state index contributed by atoms with van der Waals surface area (Å²) in [5, 5.41) is 9.27. The lowest BCUT2D eigenvalue weighted by Gasteiger charge is -2.24. The smallest absolute Gasteiger partial charge is 0.323 e. The second-order valence-electron chi connectivity index (χ2n) is 4.58. The summed E-state index contributed by atoms with van der Waals surface area (Å²) in [5.74, 6) is -1.07. The Bertz CT molecular complexity index is 274.